The highest BCUT2D eigenvalue weighted by Gasteiger charge is 2.16. The average molecular weight is 333 g/mol. The average Bonchev–Trinajstić information content (AvgIpc) is 2.86. The maximum absolute atomic E-state index is 12.7. The highest BCUT2D eigenvalue weighted by atomic mass is 19.3. The van der Waals surface area contributed by atoms with Crippen molar-refractivity contribution in [1.82, 2.24) is 25.1 Å². The number of carbonyl (C=O) groups is 2. The predicted molar refractivity (Wildman–Crippen MR) is 77.8 cm³/mol. The van der Waals surface area contributed by atoms with E-state index in [4.69, 9.17) is 4.74 Å². The Kier molecular flexibility index (Phi) is 7.55. The number of urea groups is 1. The fourth-order valence-electron chi connectivity index (χ4n) is 1.90. The number of imidazole rings is 1. The van der Waals surface area contributed by atoms with Crippen LogP contribution in [0.25, 0.3) is 0 Å². The zero-order valence-corrected chi connectivity index (χ0v) is 13.3. The summed E-state index contributed by atoms with van der Waals surface area (Å²) in [6.45, 7) is -0.737. The van der Waals surface area contributed by atoms with Gasteiger partial charge in [-0.25, -0.2) is 9.78 Å². The molecule has 23 heavy (non-hydrogen) atoms. The third-order valence-electron chi connectivity index (χ3n) is 2.83. The lowest BCUT2D eigenvalue weighted by Crippen LogP contribution is -2.47. The molecule has 0 saturated carbocycles. The first-order valence-electron chi connectivity index (χ1n) is 6.91. The number of hydrogen-bond donors (Lipinski definition) is 2. The van der Waals surface area contributed by atoms with E-state index in [0.29, 0.717) is 11.2 Å². The second kappa shape index (κ2) is 9.16. The highest BCUT2D eigenvalue weighted by Crippen LogP contribution is 2.13. The standard InChI is InChI=1S/C13H21F2N5O3/c1-9(8-23-3)17-13(22)18-11(21)7-19(2)6-10-16-4-5-20(10)12(14)15/h4-5,9,12H,6-8H2,1-3H3,(H2,17,18,21,22). The van der Waals surface area contributed by atoms with Gasteiger partial charge in [-0.3, -0.25) is 19.6 Å². The first-order chi connectivity index (χ1) is 10.8. The number of halogens is 2. The van der Waals surface area contributed by atoms with Crippen LogP contribution in [0.1, 0.15) is 19.3 Å². The minimum atomic E-state index is -2.69. The Morgan fingerprint density at radius 3 is 2.78 bits per heavy atom. The van der Waals surface area contributed by atoms with Gasteiger partial charge in [-0.2, -0.15) is 8.78 Å². The van der Waals surface area contributed by atoms with E-state index in [1.807, 2.05) is 0 Å². The molecule has 0 fully saturated rings. The van der Waals surface area contributed by atoms with E-state index < -0.39 is 18.5 Å². The van der Waals surface area contributed by atoms with Gasteiger partial charge in [-0.05, 0) is 14.0 Å². The van der Waals surface area contributed by atoms with Gasteiger partial charge in [0.15, 0.2) is 0 Å². The predicted octanol–water partition coefficient (Wildman–Crippen LogP) is 0.571. The summed E-state index contributed by atoms with van der Waals surface area (Å²) in [6, 6.07) is -0.883. The summed E-state index contributed by atoms with van der Waals surface area (Å²) < 4.78 is 31.0. The van der Waals surface area contributed by atoms with Crippen molar-refractivity contribution in [2.24, 2.45) is 0 Å². The van der Waals surface area contributed by atoms with Crippen LogP contribution in [0.3, 0.4) is 0 Å². The molecular formula is C13H21F2N5O3. The summed E-state index contributed by atoms with van der Waals surface area (Å²) in [5.41, 5.74) is 0. The van der Waals surface area contributed by atoms with E-state index >= 15 is 0 Å². The van der Waals surface area contributed by atoms with E-state index in [2.05, 4.69) is 15.6 Å². The highest BCUT2D eigenvalue weighted by molar-refractivity contribution is 5.95. The maximum atomic E-state index is 12.7. The minimum absolute atomic E-state index is 0.0481. The Balaban J connectivity index is 2.41. The molecule has 0 radical (unpaired) electrons. The number of imide groups is 1. The van der Waals surface area contributed by atoms with Crippen molar-refractivity contribution in [1.29, 1.82) is 0 Å². The Morgan fingerprint density at radius 2 is 2.17 bits per heavy atom. The monoisotopic (exact) mass is 333 g/mol. The van der Waals surface area contributed by atoms with E-state index in [9.17, 15) is 18.4 Å². The number of rotatable bonds is 8. The number of aromatic nitrogens is 2. The summed E-state index contributed by atoms with van der Waals surface area (Å²) in [7, 11) is 3.06. The zero-order chi connectivity index (χ0) is 17.4. The largest absolute Gasteiger partial charge is 0.383 e. The molecule has 130 valence electrons. The second-order valence-corrected chi connectivity index (χ2v) is 5.08. The smallest absolute Gasteiger partial charge is 0.321 e. The molecule has 2 N–H and O–H groups in total. The lowest BCUT2D eigenvalue weighted by molar-refractivity contribution is -0.121. The third-order valence-corrected chi connectivity index (χ3v) is 2.83. The van der Waals surface area contributed by atoms with Crippen LogP contribution in [0.5, 0.6) is 0 Å². The number of nitrogens with zero attached hydrogens (tertiary/aromatic N) is 3. The van der Waals surface area contributed by atoms with Crippen molar-refractivity contribution in [3.63, 3.8) is 0 Å². The number of likely N-dealkylation sites (N-methyl/N-ethyl adjacent to an activating group) is 1. The van der Waals surface area contributed by atoms with Crippen LogP contribution >= 0.6 is 0 Å². The number of amides is 3. The minimum Gasteiger partial charge on any atom is -0.383 e. The zero-order valence-electron chi connectivity index (χ0n) is 13.3. The van der Waals surface area contributed by atoms with Crippen molar-refractivity contribution in [2.75, 3.05) is 27.3 Å². The first kappa shape index (κ1) is 19.0. The van der Waals surface area contributed by atoms with Gasteiger partial charge in [0.25, 0.3) is 0 Å². The fraction of sp³-hybridized carbons (Fsp3) is 0.615. The molecule has 0 aliphatic heterocycles. The molecule has 1 rings (SSSR count). The molecule has 1 unspecified atom stereocenters. The lowest BCUT2D eigenvalue weighted by atomic mass is 10.4. The number of alkyl halides is 2. The summed E-state index contributed by atoms with van der Waals surface area (Å²) in [6.07, 6.45) is 2.43. The van der Waals surface area contributed by atoms with Crippen LogP contribution in [-0.2, 0) is 16.1 Å². The van der Waals surface area contributed by atoms with Crippen LogP contribution in [0.4, 0.5) is 13.6 Å². The van der Waals surface area contributed by atoms with Crippen LogP contribution in [0.15, 0.2) is 12.4 Å². The molecule has 0 saturated heterocycles. The lowest BCUT2D eigenvalue weighted by Gasteiger charge is -2.17. The molecule has 1 atom stereocenters. The van der Waals surface area contributed by atoms with Gasteiger partial charge in [0.1, 0.15) is 5.82 Å². The van der Waals surface area contributed by atoms with Crippen molar-refractivity contribution < 1.29 is 23.1 Å². The van der Waals surface area contributed by atoms with Crippen molar-refractivity contribution in [3.05, 3.63) is 18.2 Å². The summed E-state index contributed by atoms with van der Waals surface area (Å²) in [5.74, 6) is -0.418. The molecule has 0 spiro atoms. The third kappa shape index (κ3) is 6.70. The van der Waals surface area contributed by atoms with E-state index in [1.165, 1.54) is 24.4 Å². The summed E-state index contributed by atoms with van der Waals surface area (Å²) >= 11 is 0. The molecule has 3 amide bonds. The Bertz CT molecular complexity index is 523. The van der Waals surface area contributed by atoms with Gasteiger partial charge in [-0.1, -0.05) is 0 Å². The van der Waals surface area contributed by atoms with Gasteiger partial charge >= 0.3 is 12.6 Å². The molecule has 0 aromatic carbocycles. The number of nitrogens with one attached hydrogen (secondary N) is 2. The van der Waals surface area contributed by atoms with E-state index in [0.717, 1.165) is 0 Å². The van der Waals surface area contributed by atoms with E-state index in [1.54, 1.807) is 14.0 Å². The van der Waals surface area contributed by atoms with Gasteiger partial charge < -0.3 is 10.1 Å². The van der Waals surface area contributed by atoms with Crippen LogP contribution in [0, 0.1) is 0 Å². The molecule has 0 aliphatic carbocycles. The van der Waals surface area contributed by atoms with Crippen molar-refractivity contribution >= 4 is 11.9 Å². The van der Waals surface area contributed by atoms with Crippen LogP contribution < -0.4 is 10.6 Å². The number of methoxy groups -OCH3 is 1. The topological polar surface area (TPSA) is 88.5 Å². The number of hydrogen-bond acceptors (Lipinski definition) is 5. The molecule has 0 aliphatic rings. The summed E-state index contributed by atoms with van der Waals surface area (Å²) in [5, 5.41) is 4.68. The van der Waals surface area contributed by atoms with Crippen molar-refractivity contribution in [2.45, 2.75) is 26.1 Å². The van der Waals surface area contributed by atoms with Gasteiger partial charge in [0.05, 0.1) is 25.7 Å². The second-order valence-electron chi connectivity index (χ2n) is 5.08. The van der Waals surface area contributed by atoms with Crippen LogP contribution in [-0.4, -0.2) is 59.7 Å². The van der Waals surface area contributed by atoms with Gasteiger partial charge in [0, 0.05) is 19.5 Å². The van der Waals surface area contributed by atoms with Crippen molar-refractivity contribution in [3.8, 4) is 0 Å². The molecule has 10 heteroatoms. The van der Waals surface area contributed by atoms with Gasteiger partial charge in [0.2, 0.25) is 5.91 Å². The normalized spacial score (nSPS) is 12.5. The maximum Gasteiger partial charge on any atom is 0.321 e. The molecule has 0 bridgehead atoms. The van der Waals surface area contributed by atoms with E-state index in [-0.39, 0.29) is 25.0 Å². The first-order valence-corrected chi connectivity index (χ1v) is 6.91. The SMILES string of the molecule is COCC(C)NC(=O)NC(=O)CN(C)Cc1nccn1C(F)F. The fourth-order valence-corrected chi connectivity index (χ4v) is 1.90. The van der Waals surface area contributed by atoms with Crippen LogP contribution in [0.2, 0.25) is 0 Å². The molecule has 1 aromatic heterocycles. The Morgan fingerprint density at radius 1 is 1.48 bits per heavy atom. The molecule has 1 aromatic rings. The number of ether oxygens (including phenoxy) is 1. The summed E-state index contributed by atoms with van der Waals surface area (Å²) in [4.78, 5) is 28.6. The molecular weight excluding hydrogens is 312 g/mol. The Labute approximate surface area is 132 Å². The number of carbonyl (C=O) groups excluding carboxylic acids is 2. The molecule has 1 heterocycles. The molecule has 8 nitrogen and oxygen atoms in total. The Hall–Kier alpha value is -2.07. The van der Waals surface area contributed by atoms with Gasteiger partial charge in [-0.15, -0.1) is 0 Å². The quantitative estimate of drug-likeness (QED) is 0.726.